The number of hydrogen-bond donors (Lipinski definition) is 0. The van der Waals surface area contributed by atoms with E-state index in [1.807, 2.05) is 24.3 Å². The van der Waals surface area contributed by atoms with Crippen LogP contribution in [0.1, 0.15) is 15.9 Å². The van der Waals surface area contributed by atoms with Gasteiger partial charge in [-0.25, -0.2) is 8.42 Å². The van der Waals surface area contributed by atoms with Gasteiger partial charge in [0.25, 0.3) is 5.91 Å². The second-order valence-electron chi connectivity index (χ2n) is 6.07. The number of pyridine rings is 1. The van der Waals surface area contributed by atoms with Crippen LogP contribution in [0.3, 0.4) is 0 Å². The summed E-state index contributed by atoms with van der Waals surface area (Å²) in [5.41, 5.74) is 2.32. The molecule has 0 bridgehead atoms. The number of amides is 1. The molecule has 124 valence electrons. The molecule has 1 saturated heterocycles. The quantitative estimate of drug-likeness (QED) is 0.842. The van der Waals surface area contributed by atoms with E-state index in [2.05, 4.69) is 4.98 Å². The predicted octanol–water partition coefficient (Wildman–Crippen LogP) is 1.30. The third kappa shape index (κ3) is 2.36. The molecular weight excluding hydrogens is 326 g/mol. The van der Waals surface area contributed by atoms with E-state index in [1.54, 1.807) is 23.2 Å². The van der Waals surface area contributed by atoms with Crippen molar-refractivity contribution in [1.29, 1.82) is 0 Å². The van der Waals surface area contributed by atoms with Crippen molar-refractivity contribution in [2.75, 3.05) is 23.9 Å². The maximum absolute atomic E-state index is 12.9. The number of rotatable bonds is 3. The Bertz CT molecular complexity index is 877. The van der Waals surface area contributed by atoms with Gasteiger partial charge < -0.3 is 4.90 Å². The normalized spacial score (nSPS) is 17.5. The summed E-state index contributed by atoms with van der Waals surface area (Å²) in [7, 11) is -3.44. The Kier molecular flexibility index (Phi) is 3.53. The first-order valence-electron chi connectivity index (χ1n) is 7.86. The fourth-order valence-corrected chi connectivity index (χ4v) is 5.11. The van der Waals surface area contributed by atoms with E-state index in [0.717, 1.165) is 17.7 Å². The highest BCUT2D eigenvalue weighted by Gasteiger charge is 2.44. The van der Waals surface area contributed by atoms with Crippen molar-refractivity contribution in [3.05, 3.63) is 59.9 Å². The van der Waals surface area contributed by atoms with Crippen LogP contribution in [0.25, 0.3) is 0 Å². The average molecular weight is 343 g/mol. The molecule has 2 aromatic rings. The largest absolute Gasteiger partial charge is 0.336 e. The zero-order chi connectivity index (χ0) is 16.7. The van der Waals surface area contributed by atoms with Gasteiger partial charge in [0, 0.05) is 32.0 Å². The lowest BCUT2D eigenvalue weighted by Crippen LogP contribution is -2.59. The number of hydrogen-bond acceptors (Lipinski definition) is 4. The van der Waals surface area contributed by atoms with Gasteiger partial charge >= 0.3 is 0 Å². The number of likely N-dealkylation sites (tertiary alicyclic amines) is 1. The van der Waals surface area contributed by atoms with Gasteiger partial charge in [0.15, 0.2) is 0 Å². The standard InChI is InChI=1S/C17H17N3O3S/c21-17(14-5-3-8-18-10-14)19-11-15(12-19)24(22,23)20-9-7-13-4-1-2-6-16(13)20/h1-6,8,10,15H,7,9,11-12H2. The summed E-state index contributed by atoms with van der Waals surface area (Å²) in [6, 6.07) is 11.0. The van der Waals surface area contributed by atoms with Gasteiger partial charge in [0.05, 0.1) is 11.3 Å². The number of carbonyl (C=O) groups is 1. The summed E-state index contributed by atoms with van der Waals surface area (Å²) >= 11 is 0. The van der Waals surface area contributed by atoms with E-state index in [4.69, 9.17) is 0 Å². The van der Waals surface area contributed by atoms with Crippen LogP contribution in [0.15, 0.2) is 48.8 Å². The number of para-hydroxylation sites is 1. The number of benzene rings is 1. The minimum absolute atomic E-state index is 0.170. The molecule has 1 fully saturated rings. The van der Waals surface area contributed by atoms with E-state index in [1.165, 1.54) is 10.5 Å². The molecule has 7 heteroatoms. The molecule has 0 spiro atoms. The molecule has 0 atom stereocenters. The number of anilines is 1. The second-order valence-corrected chi connectivity index (χ2v) is 8.21. The summed E-state index contributed by atoms with van der Waals surface area (Å²) in [6.45, 7) is 0.943. The van der Waals surface area contributed by atoms with E-state index >= 15 is 0 Å². The first kappa shape index (κ1) is 15.1. The van der Waals surface area contributed by atoms with Crippen molar-refractivity contribution in [2.45, 2.75) is 11.7 Å². The zero-order valence-corrected chi connectivity index (χ0v) is 13.8. The second kappa shape index (κ2) is 5.59. The van der Waals surface area contributed by atoms with Crippen molar-refractivity contribution in [2.24, 2.45) is 0 Å². The fourth-order valence-electron chi connectivity index (χ4n) is 3.22. The van der Waals surface area contributed by atoms with Crippen molar-refractivity contribution in [3.63, 3.8) is 0 Å². The molecule has 0 aliphatic carbocycles. The van der Waals surface area contributed by atoms with Crippen LogP contribution in [0.2, 0.25) is 0 Å². The number of sulfonamides is 1. The molecule has 1 amide bonds. The molecule has 24 heavy (non-hydrogen) atoms. The SMILES string of the molecule is O=C(c1cccnc1)N1CC(S(=O)(=O)N2CCc3ccccc32)C1. The van der Waals surface area contributed by atoms with E-state index < -0.39 is 15.3 Å². The lowest BCUT2D eigenvalue weighted by molar-refractivity contribution is 0.0658. The van der Waals surface area contributed by atoms with E-state index in [-0.39, 0.29) is 19.0 Å². The molecule has 0 N–H and O–H groups in total. The van der Waals surface area contributed by atoms with Crippen molar-refractivity contribution in [3.8, 4) is 0 Å². The summed E-state index contributed by atoms with van der Waals surface area (Å²) in [5.74, 6) is -0.170. The van der Waals surface area contributed by atoms with Gasteiger partial charge in [-0.3, -0.25) is 14.1 Å². The highest BCUT2D eigenvalue weighted by molar-refractivity contribution is 7.93. The monoisotopic (exact) mass is 343 g/mol. The summed E-state index contributed by atoms with van der Waals surface area (Å²) in [4.78, 5) is 17.8. The Hall–Kier alpha value is -2.41. The minimum Gasteiger partial charge on any atom is -0.336 e. The molecule has 2 aliphatic heterocycles. The van der Waals surface area contributed by atoms with Gasteiger partial charge in [0.1, 0.15) is 5.25 Å². The van der Waals surface area contributed by atoms with Crippen LogP contribution in [0, 0.1) is 0 Å². The first-order valence-corrected chi connectivity index (χ1v) is 9.36. The van der Waals surface area contributed by atoms with Crippen LogP contribution in [-0.2, 0) is 16.4 Å². The third-order valence-corrected chi connectivity index (χ3v) is 6.75. The summed E-state index contributed by atoms with van der Waals surface area (Å²) in [6.07, 6.45) is 3.84. The lowest BCUT2D eigenvalue weighted by Gasteiger charge is -2.40. The maximum atomic E-state index is 12.9. The molecule has 0 radical (unpaired) electrons. The third-order valence-electron chi connectivity index (χ3n) is 4.62. The van der Waals surface area contributed by atoms with E-state index in [0.29, 0.717) is 12.1 Å². The Morgan fingerprint density at radius 3 is 2.67 bits per heavy atom. The van der Waals surface area contributed by atoms with Crippen LogP contribution in [0.5, 0.6) is 0 Å². The molecule has 3 heterocycles. The van der Waals surface area contributed by atoms with Gasteiger partial charge in [-0.2, -0.15) is 0 Å². The number of carbonyl (C=O) groups excluding carboxylic acids is 1. The van der Waals surface area contributed by atoms with Gasteiger partial charge in [-0.05, 0) is 30.2 Å². The number of fused-ring (bicyclic) bond motifs is 1. The van der Waals surface area contributed by atoms with Crippen molar-refractivity contribution in [1.82, 2.24) is 9.88 Å². The Morgan fingerprint density at radius 1 is 1.12 bits per heavy atom. The Balaban J connectivity index is 1.48. The first-order chi connectivity index (χ1) is 11.6. The average Bonchev–Trinajstić information content (AvgIpc) is 2.99. The van der Waals surface area contributed by atoms with Crippen molar-refractivity contribution < 1.29 is 13.2 Å². The van der Waals surface area contributed by atoms with Crippen LogP contribution in [0.4, 0.5) is 5.69 Å². The molecule has 2 aliphatic rings. The smallest absolute Gasteiger partial charge is 0.255 e. The minimum atomic E-state index is -3.44. The molecule has 6 nitrogen and oxygen atoms in total. The maximum Gasteiger partial charge on any atom is 0.255 e. The van der Waals surface area contributed by atoms with Crippen LogP contribution >= 0.6 is 0 Å². The van der Waals surface area contributed by atoms with Gasteiger partial charge in [-0.1, -0.05) is 18.2 Å². The van der Waals surface area contributed by atoms with Crippen molar-refractivity contribution >= 4 is 21.6 Å². The summed E-state index contributed by atoms with van der Waals surface area (Å²) in [5, 5.41) is -0.538. The molecule has 1 aromatic carbocycles. The molecule has 4 rings (SSSR count). The van der Waals surface area contributed by atoms with Gasteiger partial charge in [0.2, 0.25) is 10.0 Å². The van der Waals surface area contributed by atoms with Gasteiger partial charge in [-0.15, -0.1) is 0 Å². The van der Waals surface area contributed by atoms with Crippen LogP contribution < -0.4 is 4.31 Å². The van der Waals surface area contributed by atoms with E-state index in [9.17, 15) is 13.2 Å². The Labute approximate surface area is 140 Å². The number of nitrogens with zero attached hydrogens (tertiary/aromatic N) is 3. The summed E-state index contributed by atoms with van der Waals surface area (Å²) < 4.78 is 27.2. The fraction of sp³-hybridized carbons (Fsp3) is 0.294. The molecule has 0 unspecified atom stereocenters. The Morgan fingerprint density at radius 2 is 1.92 bits per heavy atom. The topological polar surface area (TPSA) is 70.6 Å². The molecule has 1 aromatic heterocycles. The molecule has 0 saturated carbocycles. The highest BCUT2D eigenvalue weighted by atomic mass is 32.2. The van der Waals surface area contributed by atoms with Crippen LogP contribution in [-0.4, -0.2) is 49.1 Å². The lowest BCUT2D eigenvalue weighted by atomic mass is 10.1. The predicted molar refractivity (Wildman–Crippen MR) is 90.3 cm³/mol. The zero-order valence-electron chi connectivity index (χ0n) is 13.0. The highest BCUT2D eigenvalue weighted by Crippen LogP contribution is 2.33. The molecular formula is C17H17N3O3S. The number of aromatic nitrogens is 1.